The van der Waals surface area contributed by atoms with Crippen molar-refractivity contribution in [3.63, 3.8) is 0 Å². The molecular weight excluding hydrogens is 221 g/mol. The van der Waals surface area contributed by atoms with Crippen LogP contribution in [-0.4, -0.2) is 16.2 Å². The molecule has 0 fully saturated rings. The third kappa shape index (κ3) is 2.75. The van der Waals surface area contributed by atoms with Gasteiger partial charge in [0.15, 0.2) is 0 Å². The summed E-state index contributed by atoms with van der Waals surface area (Å²) in [4.78, 5) is 4.10. The molecule has 2 N–H and O–H groups in total. The number of nitrogen functional groups attached to an aromatic ring is 1. The van der Waals surface area contributed by atoms with E-state index in [1.165, 1.54) is 18.2 Å². The Kier molecular flexibility index (Phi) is 3.27. The monoisotopic (exact) mass is 235 g/mol. The number of ether oxygens (including phenoxy) is 1. The van der Waals surface area contributed by atoms with E-state index < -0.39 is 0 Å². The lowest BCUT2D eigenvalue weighted by atomic mass is 10.3. The molecule has 0 spiro atoms. The molecule has 2 rings (SSSR count). The lowest BCUT2D eigenvalue weighted by Crippen LogP contribution is -2.09. The smallest absolute Gasteiger partial charge is 0.145 e. The van der Waals surface area contributed by atoms with Crippen LogP contribution in [0.4, 0.5) is 10.1 Å². The minimum absolute atomic E-state index is 0.354. The van der Waals surface area contributed by atoms with Crippen molar-refractivity contribution < 1.29 is 9.13 Å². The van der Waals surface area contributed by atoms with Gasteiger partial charge in [0, 0.05) is 18.5 Å². The number of benzene rings is 1. The topological polar surface area (TPSA) is 53.1 Å². The van der Waals surface area contributed by atoms with E-state index >= 15 is 0 Å². The molecule has 1 aromatic heterocycles. The average Bonchev–Trinajstić information content (AvgIpc) is 2.70. The summed E-state index contributed by atoms with van der Waals surface area (Å²) in [6.45, 7) is 2.99. The Hall–Kier alpha value is -2.04. The van der Waals surface area contributed by atoms with Gasteiger partial charge in [0.1, 0.15) is 24.0 Å². The Morgan fingerprint density at radius 2 is 2.29 bits per heavy atom. The molecule has 0 atom stereocenters. The minimum atomic E-state index is -0.354. The van der Waals surface area contributed by atoms with Gasteiger partial charge in [0.2, 0.25) is 0 Å². The van der Waals surface area contributed by atoms with Gasteiger partial charge in [0.25, 0.3) is 0 Å². The molecule has 4 nitrogen and oxygen atoms in total. The first kappa shape index (κ1) is 11.4. The lowest BCUT2D eigenvalue weighted by molar-refractivity contribution is 0.297. The maximum atomic E-state index is 13.0. The molecule has 0 aliphatic carbocycles. The summed E-state index contributed by atoms with van der Waals surface area (Å²) in [5.74, 6) is 0.941. The molecule has 0 aliphatic heterocycles. The molecule has 5 heteroatoms. The minimum Gasteiger partial charge on any atom is -0.489 e. The van der Waals surface area contributed by atoms with E-state index in [1.807, 2.05) is 17.7 Å². The van der Waals surface area contributed by atoms with Gasteiger partial charge in [0.05, 0.1) is 12.2 Å². The van der Waals surface area contributed by atoms with E-state index in [0.717, 1.165) is 5.82 Å². The standard InChI is InChI=1S/C12H14FN3O/c1-9-15-4-5-16(9)6-7-17-12-8-10(13)2-3-11(12)14/h2-5,8H,6-7,14H2,1H3. The van der Waals surface area contributed by atoms with Crippen LogP contribution in [0, 0.1) is 12.7 Å². The van der Waals surface area contributed by atoms with Gasteiger partial charge in [-0.25, -0.2) is 9.37 Å². The van der Waals surface area contributed by atoms with Crippen molar-refractivity contribution in [1.82, 2.24) is 9.55 Å². The highest BCUT2D eigenvalue weighted by Crippen LogP contribution is 2.21. The molecule has 0 amide bonds. The van der Waals surface area contributed by atoms with Crippen molar-refractivity contribution in [3.05, 3.63) is 42.2 Å². The lowest BCUT2D eigenvalue weighted by Gasteiger charge is -2.10. The zero-order valence-corrected chi connectivity index (χ0v) is 9.56. The third-order valence-corrected chi connectivity index (χ3v) is 2.49. The number of imidazole rings is 1. The second kappa shape index (κ2) is 4.86. The molecule has 17 heavy (non-hydrogen) atoms. The molecule has 90 valence electrons. The number of hydrogen-bond donors (Lipinski definition) is 1. The predicted molar refractivity (Wildman–Crippen MR) is 63.3 cm³/mol. The summed E-state index contributed by atoms with van der Waals surface area (Å²) in [5, 5.41) is 0. The SMILES string of the molecule is Cc1nccn1CCOc1cc(F)ccc1N. The fourth-order valence-electron chi connectivity index (χ4n) is 1.53. The highest BCUT2D eigenvalue weighted by molar-refractivity contribution is 5.52. The van der Waals surface area contributed by atoms with E-state index in [1.54, 1.807) is 6.20 Å². The normalized spacial score (nSPS) is 10.5. The van der Waals surface area contributed by atoms with Crippen LogP contribution >= 0.6 is 0 Å². The van der Waals surface area contributed by atoms with Crippen molar-refractivity contribution >= 4 is 5.69 Å². The predicted octanol–water partition coefficient (Wildman–Crippen LogP) is 1.99. The first-order chi connectivity index (χ1) is 8.16. The first-order valence-electron chi connectivity index (χ1n) is 5.32. The van der Waals surface area contributed by atoms with E-state index in [0.29, 0.717) is 24.6 Å². The first-order valence-corrected chi connectivity index (χ1v) is 5.32. The number of rotatable bonds is 4. The van der Waals surface area contributed by atoms with E-state index in [2.05, 4.69) is 4.98 Å². The van der Waals surface area contributed by atoms with E-state index in [9.17, 15) is 4.39 Å². The van der Waals surface area contributed by atoms with Crippen molar-refractivity contribution in [2.45, 2.75) is 13.5 Å². The summed E-state index contributed by atoms with van der Waals surface area (Å²) in [6.07, 6.45) is 3.60. The van der Waals surface area contributed by atoms with Crippen LogP contribution in [0.3, 0.4) is 0 Å². The van der Waals surface area contributed by atoms with Crippen molar-refractivity contribution in [3.8, 4) is 5.75 Å². The van der Waals surface area contributed by atoms with E-state index in [-0.39, 0.29) is 5.82 Å². The van der Waals surface area contributed by atoms with Crippen LogP contribution in [0.15, 0.2) is 30.6 Å². The second-order valence-corrected chi connectivity index (χ2v) is 3.70. The molecule has 0 bridgehead atoms. The Morgan fingerprint density at radius 3 is 3.00 bits per heavy atom. The number of halogens is 1. The van der Waals surface area contributed by atoms with Crippen LogP contribution in [0.5, 0.6) is 5.75 Å². The molecule has 1 aromatic carbocycles. The molecule has 0 radical (unpaired) electrons. The summed E-state index contributed by atoms with van der Waals surface area (Å²) >= 11 is 0. The number of aryl methyl sites for hydroxylation is 1. The van der Waals surface area contributed by atoms with Crippen molar-refractivity contribution in [2.24, 2.45) is 0 Å². The molecule has 1 heterocycles. The molecule has 0 saturated carbocycles. The van der Waals surface area contributed by atoms with Gasteiger partial charge < -0.3 is 15.0 Å². The summed E-state index contributed by atoms with van der Waals surface area (Å²) < 4.78 is 20.3. The van der Waals surface area contributed by atoms with Crippen molar-refractivity contribution in [1.29, 1.82) is 0 Å². The number of nitrogens with zero attached hydrogens (tertiary/aromatic N) is 2. The second-order valence-electron chi connectivity index (χ2n) is 3.70. The van der Waals surface area contributed by atoms with Crippen LogP contribution in [-0.2, 0) is 6.54 Å². The highest BCUT2D eigenvalue weighted by Gasteiger charge is 2.03. The zero-order valence-electron chi connectivity index (χ0n) is 9.56. The summed E-state index contributed by atoms with van der Waals surface area (Å²) in [5.41, 5.74) is 6.11. The van der Waals surface area contributed by atoms with Crippen LogP contribution in [0.25, 0.3) is 0 Å². The van der Waals surface area contributed by atoms with Crippen LogP contribution in [0.1, 0.15) is 5.82 Å². The Balaban J connectivity index is 1.94. The van der Waals surface area contributed by atoms with Gasteiger partial charge in [-0.05, 0) is 19.1 Å². The third-order valence-electron chi connectivity index (χ3n) is 2.49. The van der Waals surface area contributed by atoms with Gasteiger partial charge in [-0.2, -0.15) is 0 Å². The van der Waals surface area contributed by atoms with Crippen molar-refractivity contribution in [2.75, 3.05) is 12.3 Å². The number of hydrogen-bond acceptors (Lipinski definition) is 3. The largest absolute Gasteiger partial charge is 0.489 e. The van der Waals surface area contributed by atoms with Gasteiger partial charge in [-0.3, -0.25) is 0 Å². The molecule has 0 unspecified atom stereocenters. The van der Waals surface area contributed by atoms with Gasteiger partial charge in [-0.15, -0.1) is 0 Å². The summed E-state index contributed by atoms with van der Waals surface area (Å²) in [7, 11) is 0. The number of anilines is 1. The number of aromatic nitrogens is 2. The van der Waals surface area contributed by atoms with Crippen LogP contribution < -0.4 is 10.5 Å². The molecule has 0 saturated heterocycles. The molecular formula is C12H14FN3O. The maximum absolute atomic E-state index is 13.0. The average molecular weight is 235 g/mol. The quantitative estimate of drug-likeness (QED) is 0.824. The maximum Gasteiger partial charge on any atom is 0.145 e. The van der Waals surface area contributed by atoms with Gasteiger partial charge >= 0.3 is 0 Å². The van der Waals surface area contributed by atoms with Gasteiger partial charge in [-0.1, -0.05) is 0 Å². The fourth-order valence-corrected chi connectivity index (χ4v) is 1.53. The van der Waals surface area contributed by atoms with Crippen LogP contribution in [0.2, 0.25) is 0 Å². The molecule has 0 aliphatic rings. The fraction of sp³-hybridized carbons (Fsp3) is 0.250. The Morgan fingerprint density at radius 1 is 1.47 bits per heavy atom. The Bertz CT molecular complexity index is 510. The molecule has 2 aromatic rings. The van der Waals surface area contributed by atoms with E-state index in [4.69, 9.17) is 10.5 Å². The number of nitrogens with two attached hydrogens (primary N) is 1. The zero-order chi connectivity index (χ0) is 12.3. The highest BCUT2D eigenvalue weighted by atomic mass is 19.1. The Labute approximate surface area is 98.8 Å². The summed E-state index contributed by atoms with van der Waals surface area (Å²) in [6, 6.07) is 4.09.